The molecule has 3 heteroatoms. The number of rotatable bonds is 1. The lowest BCUT2D eigenvalue weighted by Crippen LogP contribution is -2.50. The number of nitrogens with two attached hydrogens (primary N) is 1. The van der Waals surface area contributed by atoms with E-state index in [1.165, 1.54) is 26.3 Å². The third-order valence-corrected chi connectivity index (χ3v) is 3.27. The van der Waals surface area contributed by atoms with Gasteiger partial charge in [0, 0.05) is 12.6 Å². The van der Waals surface area contributed by atoms with Crippen molar-refractivity contribution in [2.75, 3.05) is 20.1 Å². The van der Waals surface area contributed by atoms with Crippen LogP contribution < -0.4 is 5.73 Å². The SMILES string of the molecule is CC1(F)CCCN(C2CCC2)C1.CN. The fourth-order valence-corrected chi connectivity index (χ4v) is 2.30. The highest BCUT2D eigenvalue weighted by atomic mass is 19.1. The third-order valence-electron chi connectivity index (χ3n) is 3.27. The summed E-state index contributed by atoms with van der Waals surface area (Å²) in [5, 5.41) is 0. The Balaban J connectivity index is 0.000000461. The quantitative estimate of drug-likeness (QED) is 0.704. The molecule has 2 N–H and O–H groups in total. The minimum atomic E-state index is -0.909. The molecule has 2 nitrogen and oxygen atoms in total. The van der Waals surface area contributed by atoms with E-state index in [9.17, 15) is 4.39 Å². The molecule has 84 valence electrons. The van der Waals surface area contributed by atoms with Crippen molar-refractivity contribution in [3.05, 3.63) is 0 Å². The highest BCUT2D eigenvalue weighted by Gasteiger charge is 2.35. The van der Waals surface area contributed by atoms with Gasteiger partial charge in [0.15, 0.2) is 0 Å². The predicted octanol–water partition coefficient (Wildman–Crippen LogP) is 1.94. The summed E-state index contributed by atoms with van der Waals surface area (Å²) < 4.78 is 13.6. The van der Waals surface area contributed by atoms with Crippen LogP contribution in [0.2, 0.25) is 0 Å². The second-order valence-electron chi connectivity index (χ2n) is 4.57. The predicted molar refractivity (Wildman–Crippen MR) is 58.1 cm³/mol. The summed E-state index contributed by atoms with van der Waals surface area (Å²) in [6.07, 6.45) is 5.76. The van der Waals surface area contributed by atoms with E-state index in [1.54, 1.807) is 6.92 Å². The molecule has 1 heterocycles. The van der Waals surface area contributed by atoms with Crippen LogP contribution in [-0.2, 0) is 0 Å². The van der Waals surface area contributed by atoms with Gasteiger partial charge in [0.25, 0.3) is 0 Å². The molecule has 0 aromatic rings. The molecular formula is C11H23FN2. The first-order chi connectivity index (χ1) is 6.67. The van der Waals surface area contributed by atoms with Gasteiger partial charge >= 0.3 is 0 Å². The van der Waals surface area contributed by atoms with Gasteiger partial charge in [-0.1, -0.05) is 6.42 Å². The number of halogens is 1. The summed E-state index contributed by atoms with van der Waals surface area (Å²) in [4.78, 5) is 2.35. The normalized spacial score (nSPS) is 34.3. The highest BCUT2D eigenvalue weighted by Crippen LogP contribution is 2.31. The van der Waals surface area contributed by atoms with E-state index < -0.39 is 5.67 Å². The van der Waals surface area contributed by atoms with Crippen LogP contribution in [0.1, 0.15) is 39.0 Å². The summed E-state index contributed by atoms with van der Waals surface area (Å²) in [7, 11) is 1.50. The van der Waals surface area contributed by atoms with Gasteiger partial charge in [-0.15, -0.1) is 0 Å². The standard InChI is InChI=1S/C10H18FN.CH5N/c1-10(11)6-3-7-12(8-10)9-4-2-5-9;1-2/h9H,2-8H2,1H3;2H2,1H3. The summed E-state index contributed by atoms with van der Waals surface area (Å²) in [6.45, 7) is 3.56. The number of piperidine rings is 1. The molecule has 0 bridgehead atoms. The van der Waals surface area contributed by atoms with Crippen LogP contribution in [0.15, 0.2) is 0 Å². The van der Waals surface area contributed by atoms with E-state index in [4.69, 9.17) is 0 Å². The summed E-state index contributed by atoms with van der Waals surface area (Å²) in [6, 6.07) is 0.723. The van der Waals surface area contributed by atoms with E-state index in [0.717, 1.165) is 25.4 Å². The van der Waals surface area contributed by atoms with Crippen LogP contribution in [0.5, 0.6) is 0 Å². The molecule has 1 saturated heterocycles. The smallest absolute Gasteiger partial charge is 0.120 e. The van der Waals surface area contributed by atoms with Gasteiger partial charge in [-0.25, -0.2) is 4.39 Å². The lowest BCUT2D eigenvalue weighted by molar-refractivity contribution is 0.0128. The molecule has 0 aromatic heterocycles. The Hall–Kier alpha value is -0.150. The average Bonchev–Trinajstić information content (AvgIpc) is 2.03. The van der Waals surface area contributed by atoms with Crippen LogP contribution in [0.25, 0.3) is 0 Å². The molecule has 0 radical (unpaired) electrons. The number of nitrogens with zero attached hydrogens (tertiary/aromatic N) is 1. The van der Waals surface area contributed by atoms with Crippen molar-refractivity contribution in [3.8, 4) is 0 Å². The van der Waals surface area contributed by atoms with Gasteiger partial charge in [-0.2, -0.15) is 0 Å². The summed E-state index contributed by atoms with van der Waals surface area (Å²) in [5.41, 5.74) is 3.59. The summed E-state index contributed by atoms with van der Waals surface area (Å²) in [5.74, 6) is 0. The van der Waals surface area contributed by atoms with E-state index in [-0.39, 0.29) is 0 Å². The topological polar surface area (TPSA) is 29.3 Å². The maximum Gasteiger partial charge on any atom is 0.120 e. The van der Waals surface area contributed by atoms with Crippen molar-refractivity contribution in [1.82, 2.24) is 4.90 Å². The Bertz CT molecular complexity index is 167. The first-order valence-electron chi connectivity index (χ1n) is 5.68. The Kier molecular flexibility index (Phi) is 4.32. The molecule has 0 amide bonds. The fourth-order valence-electron chi connectivity index (χ4n) is 2.30. The molecule has 1 saturated carbocycles. The molecule has 1 unspecified atom stereocenters. The van der Waals surface area contributed by atoms with E-state index >= 15 is 0 Å². The van der Waals surface area contributed by atoms with E-state index in [0.29, 0.717) is 6.54 Å². The van der Waals surface area contributed by atoms with Gasteiger partial charge in [0.05, 0.1) is 0 Å². The van der Waals surface area contributed by atoms with Crippen LogP contribution in [0.3, 0.4) is 0 Å². The van der Waals surface area contributed by atoms with Gasteiger partial charge in [-0.3, -0.25) is 4.90 Å². The monoisotopic (exact) mass is 202 g/mol. The van der Waals surface area contributed by atoms with Crippen LogP contribution in [0, 0.1) is 0 Å². The van der Waals surface area contributed by atoms with Crippen LogP contribution in [0.4, 0.5) is 4.39 Å². The lowest BCUT2D eigenvalue weighted by Gasteiger charge is -2.43. The van der Waals surface area contributed by atoms with Gasteiger partial charge in [0.1, 0.15) is 5.67 Å². The zero-order valence-corrected chi connectivity index (χ0v) is 9.43. The van der Waals surface area contributed by atoms with Gasteiger partial charge in [0.2, 0.25) is 0 Å². The third kappa shape index (κ3) is 2.92. The first-order valence-corrected chi connectivity index (χ1v) is 5.68. The van der Waals surface area contributed by atoms with Crippen LogP contribution >= 0.6 is 0 Å². The van der Waals surface area contributed by atoms with Crippen molar-refractivity contribution in [2.45, 2.75) is 50.7 Å². The number of alkyl halides is 1. The molecule has 1 aliphatic heterocycles. The maximum absolute atomic E-state index is 13.6. The van der Waals surface area contributed by atoms with Crippen molar-refractivity contribution in [3.63, 3.8) is 0 Å². The zero-order chi connectivity index (χ0) is 10.6. The molecule has 2 aliphatic rings. The lowest BCUT2D eigenvalue weighted by atomic mass is 9.87. The second kappa shape index (κ2) is 5.08. The number of hydrogen-bond donors (Lipinski definition) is 1. The maximum atomic E-state index is 13.6. The minimum Gasteiger partial charge on any atom is -0.333 e. The Morgan fingerprint density at radius 1 is 1.29 bits per heavy atom. The largest absolute Gasteiger partial charge is 0.333 e. The highest BCUT2D eigenvalue weighted by molar-refractivity contribution is 4.89. The molecule has 0 aromatic carbocycles. The van der Waals surface area contributed by atoms with Crippen LogP contribution in [-0.4, -0.2) is 36.7 Å². The molecule has 1 atom stereocenters. The number of likely N-dealkylation sites (tertiary alicyclic amines) is 1. The van der Waals surface area contributed by atoms with Crippen molar-refractivity contribution >= 4 is 0 Å². The minimum absolute atomic E-state index is 0.678. The molecular weight excluding hydrogens is 179 g/mol. The van der Waals surface area contributed by atoms with E-state index in [2.05, 4.69) is 10.6 Å². The Labute approximate surface area is 86.6 Å². The van der Waals surface area contributed by atoms with E-state index in [1.807, 2.05) is 0 Å². The molecule has 2 rings (SSSR count). The second-order valence-corrected chi connectivity index (χ2v) is 4.57. The van der Waals surface area contributed by atoms with Crippen molar-refractivity contribution in [1.29, 1.82) is 0 Å². The molecule has 0 spiro atoms. The zero-order valence-electron chi connectivity index (χ0n) is 9.43. The fraction of sp³-hybridized carbons (Fsp3) is 1.00. The first kappa shape index (κ1) is 11.9. The van der Waals surface area contributed by atoms with Gasteiger partial charge in [-0.05, 0) is 46.2 Å². The average molecular weight is 202 g/mol. The Morgan fingerprint density at radius 3 is 2.36 bits per heavy atom. The number of hydrogen-bond acceptors (Lipinski definition) is 2. The molecule has 1 aliphatic carbocycles. The van der Waals surface area contributed by atoms with Gasteiger partial charge < -0.3 is 5.73 Å². The van der Waals surface area contributed by atoms with Crippen molar-refractivity contribution in [2.24, 2.45) is 5.73 Å². The summed E-state index contributed by atoms with van der Waals surface area (Å²) >= 11 is 0. The Morgan fingerprint density at radius 2 is 1.93 bits per heavy atom. The molecule has 2 fully saturated rings. The van der Waals surface area contributed by atoms with Crippen molar-refractivity contribution < 1.29 is 4.39 Å². The molecule has 14 heavy (non-hydrogen) atoms.